The SMILES string of the molecule is COc1ccc(CN2CCN(Cc3csc(C(C)=O)c3)C[C@@H]2CCO)c(F)c1. The number of carbonyl (C=O) groups is 1. The molecule has 0 amide bonds. The number of ether oxygens (including phenoxy) is 1. The summed E-state index contributed by atoms with van der Waals surface area (Å²) in [6.45, 7) is 5.48. The standard InChI is InChI=1S/C21H27FN2O3S/c1-15(26)21-9-16(14-28-21)11-23-6-7-24(18(13-23)5-8-25)12-17-3-4-19(27-2)10-20(17)22/h3-4,9-10,14,18,25H,5-8,11-13H2,1-2H3/t18-/m0/s1. The molecule has 2 heterocycles. The van der Waals surface area contributed by atoms with Gasteiger partial charge in [0, 0.05) is 57.0 Å². The van der Waals surface area contributed by atoms with Crippen molar-refractivity contribution in [1.29, 1.82) is 0 Å². The van der Waals surface area contributed by atoms with E-state index in [0.717, 1.165) is 36.6 Å². The van der Waals surface area contributed by atoms with Crippen LogP contribution in [-0.2, 0) is 13.1 Å². The third-order valence-electron chi connectivity index (χ3n) is 5.19. The van der Waals surface area contributed by atoms with Crippen molar-refractivity contribution in [3.05, 3.63) is 51.5 Å². The highest BCUT2D eigenvalue weighted by Crippen LogP contribution is 2.23. The number of methoxy groups -OCH3 is 1. The number of thiophene rings is 1. The number of carbonyl (C=O) groups excluding carboxylic acids is 1. The zero-order valence-electron chi connectivity index (χ0n) is 16.4. The summed E-state index contributed by atoms with van der Waals surface area (Å²) < 4.78 is 19.4. The lowest BCUT2D eigenvalue weighted by atomic mass is 10.1. The minimum atomic E-state index is -0.264. The maximum atomic E-state index is 14.3. The molecule has 1 atom stereocenters. The molecule has 0 spiro atoms. The molecule has 3 rings (SSSR count). The van der Waals surface area contributed by atoms with Gasteiger partial charge in [0.05, 0.1) is 12.0 Å². The average molecular weight is 407 g/mol. The Hall–Kier alpha value is -1.80. The molecule has 1 aliphatic rings. The Kier molecular flexibility index (Phi) is 7.18. The quantitative estimate of drug-likeness (QED) is 0.683. The summed E-state index contributed by atoms with van der Waals surface area (Å²) >= 11 is 1.49. The number of rotatable bonds is 8. The van der Waals surface area contributed by atoms with Gasteiger partial charge in [0.1, 0.15) is 11.6 Å². The van der Waals surface area contributed by atoms with Crippen LogP contribution in [0.4, 0.5) is 4.39 Å². The van der Waals surface area contributed by atoms with E-state index in [1.165, 1.54) is 24.5 Å². The number of piperazine rings is 1. The summed E-state index contributed by atoms with van der Waals surface area (Å²) in [6, 6.07) is 7.08. The zero-order valence-corrected chi connectivity index (χ0v) is 17.2. The zero-order chi connectivity index (χ0) is 20.1. The highest BCUT2D eigenvalue weighted by Gasteiger charge is 2.27. The molecule has 0 saturated carbocycles. The Balaban J connectivity index is 1.64. The molecule has 1 N–H and O–H groups in total. The van der Waals surface area contributed by atoms with Gasteiger partial charge in [-0.2, -0.15) is 0 Å². The molecule has 1 fully saturated rings. The summed E-state index contributed by atoms with van der Waals surface area (Å²) in [7, 11) is 1.53. The second kappa shape index (κ2) is 9.60. The van der Waals surface area contributed by atoms with Gasteiger partial charge in [-0.1, -0.05) is 6.07 Å². The van der Waals surface area contributed by atoms with Crippen molar-refractivity contribution in [2.75, 3.05) is 33.4 Å². The maximum Gasteiger partial charge on any atom is 0.169 e. The number of aliphatic hydroxyl groups excluding tert-OH is 1. The number of halogens is 1. The lowest BCUT2D eigenvalue weighted by molar-refractivity contribution is 0.0493. The summed E-state index contributed by atoms with van der Waals surface area (Å²) in [5.74, 6) is 0.346. The van der Waals surface area contributed by atoms with Crippen molar-refractivity contribution in [2.24, 2.45) is 0 Å². The molecular weight excluding hydrogens is 379 g/mol. The van der Waals surface area contributed by atoms with Crippen molar-refractivity contribution in [3.63, 3.8) is 0 Å². The van der Waals surface area contributed by atoms with Gasteiger partial charge in [-0.3, -0.25) is 14.6 Å². The van der Waals surface area contributed by atoms with E-state index in [-0.39, 0.29) is 24.2 Å². The second-order valence-electron chi connectivity index (χ2n) is 7.20. The first-order chi connectivity index (χ1) is 13.5. The van der Waals surface area contributed by atoms with Gasteiger partial charge in [0.15, 0.2) is 5.78 Å². The molecule has 0 aliphatic carbocycles. The number of ketones is 1. The summed E-state index contributed by atoms with van der Waals surface area (Å²) in [5.41, 5.74) is 1.79. The maximum absolute atomic E-state index is 14.3. The fourth-order valence-corrected chi connectivity index (χ4v) is 4.44. The van der Waals surface area contributed by atoms with Crippen LogP contribution in [0.3, 0.4) is 0 Å². The first-order valence-corrected chi connectivity index (χ1v) is 10.4. The van der Waals surface area contributed by atoms with E-state index >= 15 is 0 Å². The molecule has 5 nitrogen and oxygen atoms in total. The van der Waals surface area contributed by atoms with Gasteiger partial charge in [-0.05, 0) is 36.4 Å². The van der Waals surface area contributed by atoms with Crippen LogP contribution >= 0.6 is 11.3 Å². The van der Waals surface area contributed by atoms with Gasteiger partial charge in [0.2, 0.25) is 0 Å². The van der Waals surface area contributed by atoms with E-state index < -0.39 is 0 Å². The lowest BCUT2D eigenvalue weighted by Gasteiger charge is -2.41. The van der Waals surface area contributed by atoms with Crippen LogP contribution in [0.5, 0.6) is 5.75 Å². The molecule has 28 heavy (non-hydrogen) atoms. The van der Waals surface area contributed by atoms with E-state index in [1.54, 1.807) is 19.1 Å². The normalized spacial score (nSPS) is 18.4. The van der Waals surface area contributed by atoms with E-state index in [9.17, 15) is 14.3 Å². The topological polar surface area (TPSA) is 53.0 Å². The highest BCUT2D eigenvalue weighted by molar-refractivity contribution is 7.12. The highest BCUT2D eigenvalue weighted by atomic mass is 32.1. The smallest absolute Gasteiger partial charge is 0.169 e. The number of hydrogen-bond acceptors (Lipinski definition) is 6. The molecule has 1 saturated heterocycles. The second-order valence-corrected chi connectivity index (χ2v) is 8.12. The molecule has 0 unspecified atom stereocenters. The number of aliphatic hydroxyl groups is 1. The Labute approximate surface area is 169 Å². The van der Waals surface area contributed by atoms with Gasteiger partial charge >= 0.3 is 0 Å². The fraction of sp³-hybridized carbons (Fsp3) is 0.476. The van der Waals surface area contributed by atoms with Crippen LogP contribution in [0.2, 0.25) is 0 Å². The van der Waals surface area contributed by atoms with E-state index in [1.807, 2.05) is 11.4 Å². The number of nitrogens with zero attached hydrogens (tertiary/aromatic N) is 2. The molecule has 1 aromatic carbocycles. The minimum absolute atomic E-state index is 0.0979. The van der Waals surface area contributed by atoms with E-state index in [0.29, 0.717) is 24.3 Å². The third-order valence-corrected chi connectivity index (χ3v) is 6.27. The van der Waals surface area contributed by atoms with E-state index in [4.69, 9.17) is 4.74 Å². The Morgan fingerprint density at radius 3 is 2.79 bits per heavy atom. The molecule has 1 aliphatic heterocycles. The van der Waals surface area contributed by atoms with Crippen molar-refractivity contribution in [2.45, 2.75) is 32.5 Å². The summed E-state index contributed by atoms with van der Waals surface area (Å²) in [4.78, 5) is 16.9. The molecule has 7 heteroatoms. The minimum Gasteiger partial charge on any atom is -0.497 e. The van der Waals surface area contributed by atoms with E-state index in [2.05, 4.69) is 9.80 Å². The fourth-order valence-electron chi connectivity index (χ4n) is 3.64. The largest absolute Gasteiger partial charge is 0.497 e. The monoisotopic (exact) mass is 406 g/mol. The van der Waals surface area contributed by atoms with Crippen LogP contribution in [0.15, 0.2) is 29.6 Å². The van der Waals surface area contributed by atoms with Gasteiger partial charge in [-0.15, -0.1) is 11.3 Å². The van der Waals surface area contributed by atoms with Gasteiger partial charge < -0.3 is 9.84 Å². The average Bonchev–Trinajstić information content (AvgIpc) is 3.14. The molecule has 2 aromatic rings. The van der Waals surface area contributed by atoms with Gasteiger partial charge in [-0.25, -0.2) is 4.39 Å². The van der Waals surface area contributed by atoms with Crippen LogP contribution in [0.25, 0.3) is 0 Å². The van der Waals surface area contributed by atoms with Crippen LogP contribution in [0.1, 0.15) is 34.1 Å². The van der Waals surface area contributed by atoms with Crippen molar-refractivity contribution < 1.29 is 19.0 Å². The van der Waals surface area contributed by atoms with Crippen molar-refractivity contribution >= 4 is 17.1 Å². The Morgan fingerprint density at radius 1 is 1.32 bits per heavy atom. The number of benzene rings is 1. The molecule has 152 valence electrons. The van der Waals surface area contributed by atoms with Crippen LogP contribution < -0.4 is 4.74 Å². The van der Waals surface area contributed by atoms with Gasteiger partial charge in [0.25, 0.3) is 0 Å². The predicted octanol–water partition coefficient (Wildman–Crippen LogP) is 3.17. The summed E-state index contributed by atoms with van der Waals surface area (Å²) in [5, 5.41) is 11.5. The predicted molar refractivity (Wildman–Crippen MR) is 108 cm³/mol. The third kappa shape index (κ3) is 5.17. The van der Waals surface area contributed by atoms with Crippen LogP contribution in [0, 0.1) is 5.82 Å². The number of Topliss-reactive ketones (excluding diaryl/α,β-unsaturated/α-hetero) is 1. The number of hydrogen-bond donors (Lipinski definition) is 1. The molecule has 0 bridgehead atoms. The Bertz CT molecular complexity index is 811. The van der Waals surface area contributed by atoms with Crippen LogP contribution in [-0.4, -0.2) is 60.1 Å². The van der Waals surface area contributed by atoms with Crippen molar-refractivity contribution in [3.8, 4) is 5.75 Å². The molecular formula is C21H27FN2O3S. The molecule has 1 aromatic heterocycles. The first-order valence-electron chi connectivity index (χ1n) is 9.48. The lowest BCUT2D eigenvalue weighted by Crippen LogP contribution is -2.52. The van der Waals surface area contributed by atoms with Crippen molar-refractivity contribution in [1.82, 2.24) is 9.80 Å². The Morgan fingerprint density at radius 2 is 2.14 bits per heavy atom. The summed E-state index contributed by atoms with van der Waals surface area (Å²) in [6.07, 6.45) is 0.649. The first kappa shape index (κ1) is 20.9. The molecule has 0 radical (unpaired) electrons.